The van der Waals surface area contributed by atoms with E-state index in [1.54, 1.807) is 26.0 Å². The lowest BCUT2D eigenvalue weighted by Gasteiger charge is -2.14. The first-order valence-corrected chi connectivity index (χ1v) is 7.55. The van der Waals surface area contributed by atoms with E-state index in [4.69, 9.17) is 14.7 Å². The van der Waals surface area contributed by atoms with E-state index in [0.29, 0.717) is 6.42 Å². The van der Waals surface area contributed by atoms with Gasteiger partial charge in [-0.1, -0.05) is 30.3 Å². The van der Waals surface area contributed by atoms with Gasteiger partial charge < -0.3 is 9.47 Å². The summed E-state index contributed by atoms with van der Waals surface area (Å²) in [7, 11) is 3.27. The van der Waals surface area contributed by atoms with Crippen molar-refractivity contribution in [2.24, 2.45) is 0 Å². The highest BCUT2D eigenvalue weighted by Crippen LogP contribution is 2.40. The molecule has 0 amide bonds. The van der Waals surface area contributed by atoms with Crippen molar-refractivity contribution in [3.05, 3.63) is 53.6 Å². The largest absolute Gasteiger partial charge is 0.495 e. The minimum Gasteiger partial charge on any atom is -0.495 e. The van der Waals surface area contributed by atoms with Crippen LogP contribution in [0.2, 0.25) is 0 Å². The van der Waals surface area contributed by atoms with Crippen LogP contribution in [0, 0.1) is 11.3 Å². The molecule has 0 heterocycles. The van der Waals surface area contributed by atoms with Crippen molar-refractivity contribution in [2.45, 2.75) is 17.1 Å². The topological polar surface area (TPSA) is 42.2 Å². The summed E-state index contributed by atoms with van der Waals surface area (Å²) in [6.45, 7) is 0. The van der Waals surface area contributed by atoms with Crippen LogP contribution in [0.4, 0.5) is 0 Å². The minimum atomic E-state index is 0.344. The lowest BCUT2D eigenvalue weighted by atomic mass is 10.1. The molecule has 4 heteroatoms. The number of ether oxygens (including phenoxy) is 2. The van der Waals surface area contributed by atoms with Crippen LogP contribution in [-0.4, -0.2) is 14.2 Å². The van der Waals surface area contributed by atoms with Gasteiger partial charge in [-0.15, -0.1) is 11.8 Å². The predicted octanol–water partition coefficient (Wildman–Crippen LogP) is 4.06. The fraction of sp³-hybridized carbons (Fsp3) is 0.235. The number of benzene rings is 2. The Kier molecular flexibility index (Phi) is 5.53. The molecule has 2 aromatic carbocycles. The third-order valence-corrected chi connectivity index (χ3v) is 4.20. The van der Waals surface area contributed by atoms with Crippen molar-refractivity contribution >= 4 is 11.8 Å². The van der Waals surface area contributed by atoms with E-state index in [2.05, 4.69) is 18.2 Å². The molecule has 108 valence electrons. The van der Waals surface area contributed by atoms with Crippen LogP contribution in [0.25, 0.3) is 0 Å². The first-order valence-electron chi connectivity index (χ1n) is 6.57. The highest BCUT2D eigenvalue weighted by atomic mass is 32.2. The lowest BCUT2D eigenvalue weighted by molar-refractivity contribution is 0.376. The third kappa shape index (κ3) is 3.93. The number of rotatable bonds is 6. The number of hydrogen-bond acceptors (Lipinski definition) is 4. The van der Waals surface area contributed by atoms with E-state index in [-0.39, 0.29) is 0 Å². The molecule has 0 aliphatic rings. The Morgan fingerprint density at radius 1 is 1.00 bits per heavy atom. The van der Waals surface area contributed by atoms with E-state index in [1.807, 2.05) is 30.3 Å². The average molecular weight is 299 g/mol. The van der Waals surface area contributed by atoms with Crippen molar-refractivity contribution < 1.29 is 9.47 Å². The average Bonchev–Trinajstić information content (AvgIpc) is 2.54. The second-order valence-electron chi connectivity index (χ2n) is 4.44. The van der Waals surface area contributed by atoms with Gasteiger partial charge in [-0.2, -0.15) is 5.26 Å². The van der Waals surface area contributed by atoms with E-state index >= 15 is 0 Å². The predicted molar refractivity (Wildman–Crippen MR) is 84.9 cm³/mol. The van der Waals surface area contributed by atoms with Gasteiger partial charge in [-0.25, -0.2) is 0 Å². The summed E-state index contributed by atoms with van der Waals surface area (Å²) < 4.78 is 10.9. The zero-order chi connectivity index (χ0) is 15.1. The molecule has 21 heavy (non-hydrogen) atoms. The van der Waals surface area contributed by atoms with Crippen molar-refractivity contribution in [1.29, 1.82) is 5.26 Å². The molecule has 0 aliphatic heterocycles. The normalized spacial score (nSPS) is 9.95. The SMILES string of the molecule is COc1cc(CC#N)cc(OC)c1SCc1ccccc1. The monoisotopic (exact) mass is 299 g/mol. The highest BCUT2D eigenvalue weighted by Gasteiger charge is 2.13. The third-order valence-electron chi connectivity index (χ3n) is 3.03. The van der Waals surface area contributed by atoms with Gasteiger partial charge >= 0.3 is 0 Å². The smallest absolute Gasteiger partial charge is 0.136 e. The molecule has 0 saturated carbocycles. The fourth-order valence-electron chi connectivity index (χ4n) is 2.00. The number of nitrogens with zero attached hydrogens (tertiary/aromatic N) is 1. The molecule has 0 bridgehead atoms. The summed E-state index contributed by atoms with van der Waals surface area (Å²) in [4.78, 5) is 0.963. The van der Waals surface area contributed by atoms with E-state index in [9.17, 15) is 0 Å². The lowest BCUT2D eigenvalue weighted by Crippen LogP contribution is -1.95. The van der Waals surface area contributed by atoms with Gasteiger partial charge in [-0.3, -0.25) is 0 Å². The summed E-state index contributed by atoms with van der Waals surface area (Å²) in [5, 5.41) is 8.83. The maximum Gasteiger partial charge on any atom is 0.136 e. The second-order valence-corrected chi connectivity index (χ2v) is 5.42. The Morgan fingerprint density at radius 3 is 2.14 bits per heavy atom. The summed E-state index contributed by atoms with van der Waals surface area (Å²) in [6, 6.07) is 16.2. The van der Waals surface area contributed by atoms with Crippen LogP contribution < -0.4 is 9.47 Å². The van der Waals surface area contributed by atoms with Gasteiger partial charge in [0.2, 0.25) is 0 Å². The first-order chi connectivity index (χ1) is 10.3. The van der Waals surface area contributed by atoms with Crippen molar-refractivity contribution in [1.82, 2.24) is 0 Å². The molecule has 2 aromatic rings. The van der Waals surface area contributed by atoms with Gasteiger partial charge in [0, 0.05) is 5.75 Å². The number of thioether (sulfide) groups is 1. The molecule has 2 rings (SSSR count). The first kappa shape index (κ1) is 15.3. The molecule has 0 unspecified atom stereocenters. The summed E-state index contributed by atoms with van der Waals surface area (Å²) in [6.07, 6.45) is 0.344. The quantitative estimate of drug-likeness (QED) is 0.754. The molecule has 0 atom stereocenters. The molecule has 0 N–H and O–H groups in total. The Morgan fingerprint density at radius 2 is 1.62 bits per heavy atom. The van der Waals surface area contributed by atoms with Gasteiger partial charge in [0.1, 0.15) is 11.5 Å². The number of hydrogen-bond donors (Lipinski definition) is 0. The van der Waals surface area contributed by atoms with Gasteiger partial charge in [0.25, 0.3) is 0 Å². The van der Waals surface area contributed by atoms with Gasteiger partial charge in [0.05, 0.1) is 31.6 Å². The molecule has 0 saturated heterocycles. The Balaban J connectivity index is 2.26. The molecule has 0 fully saturated rings. The van der Waals surface area contributed by atoms with Gasteiger partial charge in [0.15, 0.2) is 0 Å². The summed E-state index contributed by atoms with van der Waals surface area (Å²) >= 11 is 1.67. The minimum absolute atomic E-state index is 0.344. The molecule has 0 spiro atoms. The van der Waals surface area contributed by atoms with Gasteiger partial charge in [-0.05, 0) is 23.3 Å². The zero-order valence-electron chi connectivity index (χ0n) is 12.1. The van der Waals surface area contributed by atoms with Crippen LogP contribution >= 0.6 is 11.8 Å². The molecule has 0 aliphatic carbocycles. The molecule has 0 aromatic heterocycles. The van der Waals surface area contributed by atoms with E-state index in [1.165, 1.54) is 5.56 Å². The zero-order valence-corrected chi connectivity index (χ0v) is 12.9. The van der Waals surface area contributed by atoms with Crippen molar-refractivity contribution in [3.63, 3.8) is 0 Å². The van der Waals surface area contributed by atoms with E-state index in [0.717, 1.165) is 27.7 Å². The standard InChI is InChI=1S/C17H17NO2S/c1-19-15-10-14(8-9-18)11-16(20-2)17(15)21-12-13-6-4-3-5-7-13/h3-7,10-11H,8,12H2,1-2H3. The van der Waals surface area contributed by atoms with Crippen molar-refractivity contribution in [2.75, 3.05) is 14.2 Å². The highest BCUT2D eigenvalue weighted by molar-refractivity contribution is 7.98. The molecule has 0 radical (unpaired) electrons. The van der Waals surface area contributed by atoms with Crippen LogP contribution in [0.1, 0.15) is 11.1 Å². The summed E-state index contributed by atoms with van der Waals surface area (Å²) in [5.74, 6) is 2.34. The summed E-state index contributed by atoms with van der Waals surface area (Å²) in [5.41, 5.74) is 2.14. The second kappa shape index (κ2) is 7.61. The molecular formula is C17H17NO2S. The molecule has 3 nitrogen and oxygen atoms in total. The molecular weight excluding hydrogens is 282 g/mol. The number of methoxy groups -OCH3 is 2. The van der Waals surface area contributed by atoms with Crippen LogP contribution in [-0.2, 0) is 12.2 Å². The van der Waals surface area contributed by atoms with E-state index < -0.39 is 0 Å². The Labute approximate surface area is 129 Å². The van der Waals surface area contributed by atoms with Crippen LogP contribution in [0.3, 0.4) is 0 Å². The van der Waals surface area contributed by atoms with Crippen molar-refractivity contribution in [3.8, 4) is 17.6 Å². The maximum absolute atomic E-state index is 8.83. The Hall–Kier alpha value is -2.12. The fourth-order valence-corrected chi connectivity index (χ4v) is 3.07. The number of nitriles is 1. The maximum atomic E-state index is 8.83. The Bertz CT molecular complexity index is 610. The van der Waals surface area contributed by atoms with Crippen LogP contribution in [0.15, 0.2) is 47.4 Å². The van der Waals surface area contributed by atoms with Crippen LogP contribution in [0.5, 0.6) is 11.5 Å².